The van der Waals surface area contributed by atoms with Crippen LogP contribution in [0.25, 0.3) is 54.9 Å². The van der Waals surface area contributed by atoms with Crippen LogP contribution >= 0.6 is 7.29 Å². The van der Waals surface area contributed by atoms with E-state index in [-0.39, 0.29) is 0 Å². The van der Waals surface area contributed by atoms with E-state index in [1.165, 1.54) is 38.2 Å². The van der Waals surface area contributed by atoms with Crippen molar-refractivity contribution >= 4 is 50.8 Å². The molecule has 0 N–H and O–H groups in total. The van der Waals surface area contributed by atoms with Gasteiger partial charge in [-0.15, -0.1) is 0 Å². The molecule has 8 aromatic rings. The predicted molar refractivity (Wildman–Crippen MR) is 200 cm³/mol. The van der Waals surface area contributed by atoms with E-state index in [0.29, 0.717) is 0 Å². The number of benzene rings is 8. The van der Waals surface area contributed by atoms with Gasteiger partial charge in [-0.1, -0.05) is 146 Å². The van der Waals surface area contributed by atoms with Crippen molar-refractivity contribution < 1.29 is 4.57 Å². The highest BCUT2D eigenvalue weighted by Crippen LogP contribution is 2.61. The van der Waals surface area contributed by atoms with Gasteiger partial charge in [0.15, 0.2) is 0 Å². The Morgan fingerprint density at radius 1 is 0.383 bits per heavy atom. The van der Waals surface area contributed by atoms with E-state index >= 15 is 4.57 Å². The topological polar surface area (TPSA) is 20.3 Å². The molecular weight excluding hydrogens is 589 g/mol. The van der Waals surface area contributed by atoms with Crippen LogP contribution in [0.4, 0.5) is 11.4 Å². The fourth-order valence-electron chi connectivity index (χ4n) is 7.42. The highest BCUT2D eigenvalue weighted by Gasteiger charge is 2.42. The number of rotatable bonds is 4. The summed E-state index contributed by atoms with van der Waals surface area (Å²) in [4.78, 5) is 0. The highest BCUT2D eigenvalue weighted by atomic mass is 31.2. The van der Waals surface area contributed by atoms with E-state index in [9.17, 15) is 0 Å². The summed E-state index contributed by atoms with van der Waals surface area (Å²) < 4.78 is 17.9. The standard InChI is InChI=1S/C44H30NOP/c46-47(34-17-5-2-6-18-34)42-26-14-12-20-36(42)35-19-11-13-25-41(35)45(47)33-29-27-32(28-30-33)44-39-23-9-7-21-37(39)43(31-15-3-1-4-16-31)38-22-8-10-24-40(38)44/h1-30H. The van der Waals surface area contributed by atoms with E-state index in [4.69, 9.17) is 0 Å². The second-order valence-electron chi connectivity index (χ2n) is 12.0. The molecule has 0 spiro atoms. The summed E-state index contributed by atoms with van der Waals surface area (Å²) in [6.45, 7) is 0. The van der Waals surface area contributed by atoms with Crippen molar-refractivity contribution in [3.05, 3.63) is 182 Å². The third-order valence-corrected chi connectivity index (χ3v) is 12.5. The first-order chi connectivity index (χ1) is 23.2. The smallest absolute Gasteiger partial charge is 0.234 e. The van der Waals surface area contributed by atoms with E-state index < -0.39 is 7.29 Å². The molecule has 9 rings (SSSR count). The van der Waals surface area contributed by atoms with Gasteiger partial charge in [-0.05, 0) is 85.8 Å². The molecule has 1 aliphatic heterocycles. The molecule has 0 saturated carbocycles. The normalized spacial score (nSPS) is 15.4. The molecule has 0 bridgehead atoms. The Bertz CT molecular complexity index is 2430. The third kappa shape index (κ3) is 4.23. The van der Waals surface area contributed by atoms with Crippen LogP contribution in [-0.4, -0.2) is 0 Å². The molecule has 222 valence electrons. The molecule has 0 saturated heterocycles. The van der Waals surface area contributed by atoms with Gasteiger partial charge in [0.05, 0.1) is 5.69 Å². The molecule has 8 aromatic carbocycles. The van der Waals surface area contributed by atoms with E-state index in [1.54, 1.807) is 0 Å². The highest BCUT2D eigenvalue weighted by molar-refractivity contribution is 7.80. The maximum Gasteiger partial charge on any atom is 0.234 e. The Kier molecular flexibility index (Phi) is 6.45. The number of fused-ring (bicyclic) bond motifs is 5. The maximum absolute atomic E-state index is 15.8. The van der Waals surface area contributed by atoms with E-state index in [2.05, 4.69) is 132 Å². The third-order valence-electron chi connectivity index (χ3n) is 9.44. The van der Waals surface area contributed by atoms with Crippen LogP contribution in [0.1, 0.15) is 0 Å². The Labute approximate surface area is 274 Å². The first kappa shape index (κ1) is 27.6. The molecule has 1 aliphatic rings. The van der Waals surface area contributed by atoms with Gasteiger partial charge < -0.3 is 0 Å². The van der Waals surface area contributed by atoms with Gasteiger partial charge in [-0.2, -0.15) is 0 Å². The van der Waals surface area contributed by atoms with Crippen LogP contribution in [-0.2, 0) is 4.57 Å². The quantitative estimate of drug-likeness (QED) is 0.144. The summed E-state index contributed by atoms with van der Waals surface area (Å²) in [5.41, 5.74) is 8.76. The molecule has 0 aromatic heterocycles. The summed E-state index contributed by atoms with van der Waals surface area (Å²) in [5.74, 6) is 0. The number of hydrogen-bond donors (Lipinski definition) is 0. The van der Waals surface area contributed by atoms with Crippen molar-refractivity contribution in [2.24, 2.45) is 0 Å². The second-order valence-corrected chi connectivity index (χ2v) is 14.6. The summed E-state index contributed by atoms with van der Waals surface area (Å²) >= 11 is 0. The van der Waals surface area contributed by atoms with Gasteiger partial charge in [0.2, 0.25) is 7.29 Å². The first-order valence-corrected chi connectivity index (χ1v) is 17.6. The van der Waals surface area contributed by atoms with Crippen LogP contribution < -0.4 is 15.3 Å². The fourth-order valence-corrected chi connectivity index (χ4v) is 10.5. The van der Waals surface area contributed by atoms with Gasteiger partial charge in [0.1, 0.15) is 0 Å². The SMILES string of the molecule is O=P1(c2ccccc2)c2ccccc2-c2ccccc2N1c1ccc(-c2c3ccccc3c(-c3ccccc3)c3ccccc23)cc1. The van der Waals surface area contributed by atoms with Crippen molar-refractivity contribution in [3.63, 3.8) is 0 Å². The van der Waals surface area contributed by atoms with Crippen molar-refractivity contribution in [2.75, 3.05) is 4.67 Å². The van der Waals surface area contributed by atoms with Crippen LogP contribution in [0.2, 0.25) is 0 Å². The monoisotopic (exact) mass is 619 g/mol. The molecule has 0 radical (unpaired) electrons. The van der Waals surface area contributed by atoms with Gasteiger partial charge in [0.25, 0.3) is 0 Å². The lowest BCUT2D eigenvalue weighted by molar-refractivity contribution is 0.587. The summed E-state index contributed by atoms with van der Waals surface area (Å²) in [6.07, 6.45) is 0. The minimum Gasteiger partial charge on any atom is -0.289 e. The summed E-state index contributed by atoms with van der Waals surface area (Å²) in [7, 11) is -3.29. The molecule has 47 heavy (non-hydrogen) atoms. The lowest BCUT2D eigenvalue weighted by atomic mass is 9.86. The van der Waals surface area contributed by atoms with Crippen molar-refractivity contribution in [1.29, 1.82) is 0 Å². The average Bonchev–Trinajstić information content (AvgIpc) is 3.15. The minimum absolute atomic E-state index is 0.819. The predicted octanol–water partition coefficient (Wildman–Crippen LogP) is 11.4. The van der Waals surface area contributed by atoms with Gasteiger partial charge in [0, 0.05) is 21.9 Å². The molecule has 0 aliphatic carbocycles. The Morgan fingerprint density at radius 2 is 0.830 bits per heavy atom. The first-order valence-electron chi connectivity index (χ1n) is 16.0. The molecule has 0 amide bonds. The number of nitrogens with zero attached hydrogens (tertiary/aromatic N) is 1. The average molecular weight is 620 g/mol. The van der Waals surface area contributed by atoms with Crippen LogP contribution in [0.3, 0.4) is 0 Å². The van der Waals surface area contributed by atoms with Crippen molar-refractivity contribution in [3.8, 4) is 33.4 Å². The zero-order chi connectivity index (χ0) is 31.4. The second kappa shape index (κ2) is 11.0. The largest absolute Gasteiger partial charge is 0.289 e. The van der Waals surface area contributed by atoms with E-state index in [1.807, 2.05) is 54.6 Å². The Morgan fingerprint density at radius 3 is 1.43 bits per heavy atom. The Hall–Kier alpha value is -5.69. The molecular formula is C44H30NOP. The molecule has 1 atom stereocenters. The zero-order valence-electron chi connectivity index (χ0n) is 25.6. The van der Waals surface area contributed by atoms with Crippen molar-refractivity contribution in [2.45, 2.75) is 0 Å². The molecule has 3 heteroatoms. The van der Waals surface area contributed by atoms with Crippen LogP contribution in [0.15, 0.2) is 182 Å². The number of hydrogen-bond acceptors (Lipinski definition) is 1. The zero-order valence-corrected chi connectivity index (χ0v) is 26.5. The molecule has 2 nitrogen and oxygen atoms in total. The lowest BCUT2D eigenvalue weighted by Crippen LogP contribution is -2.33. The van der Waals surface area contributed by atoms with E-state index in [0.717, 1.165) is 38.7 Å². The lowest BCUT2D eigenvalue weighted by Gasteiger charge is -2.40. The minimum atomic E-state index is -3.29. The Balaban J connectivity index is 1.27. The van der Waals surface area contributed by atoms with Crippen LogP contribution in [0, 0.1) is 0 Å². The fraction of sp³-hybridized carbons (Fsp3) is 0. The maximum atomic E-state index is 15.8. The molecule has 1 heterocycles. The van der Waals surface area contributed by atoms with Gasteiger partial charge in [-0.3, -0.25) is 9.24 Å². The van der Waals surface area contributed by atoms with Gasteiger partial charge in [-0.25, -0.2) is 0 Å². The number of para-hydroxylation sites is 1. The van der Waals surface area contributed by atoms with Crippen molar-refractivity contribution in [1.82, 2.24) is 0 Å². The summed E-state index contributed by atoms with van der Waals surface area (Å²) in [5, 5.41) is 6.57. The molecule has 0 fully saturated rings. The van der Waals surface area contributed by atoms with Gasteiger partial charge >= 0.3 is 0 Å². The molecule has 1 unspecified atom stereocenters. The number of anilines is 2. The van der Waals surface area contributed by atoms with Crippen LogP contribution in [0.5, 0.6) is 0 Å². The summed E-state index contributed by atoms with van der Waals surface area (Å²) in [6, 6.07) is 63.3.